The van der Waals surface area contributed by atoms with Crippen LogP contribution in [0, 0.1) is 0 Å². The molecule has 5 nitrogen and oxygen atoms in total. The maximum atomic E-state index is 8.95. The summed E-state index contributed by atoms with van der Waals surface area (Å²) in [5, 5.41) is 8.95. The smallest absolute Gasteiger partial charge is 0.187 e. The lowest BCUT2D eigenvalue weighted by molar-refractivity contribution is 0.0469. The third-order valence-electron chi connectivity index (χ3n) is 2.15. The average molecular weight is 275 g/mol. The van der Waals surface area contributed by atoms with Gasteiger partial charge in [0, 0.05) is 4.47 Å². The molecule has 0 spiro atoms. The Hall–Kier alpha value is -1.14. The number of ether oxygens (including phenoxy) is 2. The van der Waals surface area contributed by atoms with Gasteiger partial charge in [0.2, 0.25) is 0 Å². The van der Waals surface area contributed by atoms with Crippen LogP contribution in [0.1, 0.15) is 0 Å². The highest BCUT2D eigenvalue weighted by molar-refractivity contribution is 9.10. The molecule has 0 saturated carbocycles. The van der Waals surface area contributed by atoms with Crippen LogP contribution in [-0.2, 0) is 0 Å². The van der Waals surface area contributed by atoms with E-state index in [1.807, 2.05) is 0 Å². The summed E-state index contributed by atoms with van der Waals surface area (Å²) >= 11 is 3.27. The predicted octanol–water partition coefficient (Wildman–Crippen LogP) is 0.746. The topological polar surface area (TPSA) is 90.7 Å². The predicted molar refractivity (Wildman–Crippen MR) is 60.0 cm³/mol. The molecular weight excluding hydrogens is 264 g/mol. The summed E-state index contributed by atoms with van der Waals surface area (Å²) < 4.78 is 11.5. The van der Waals surface area contributed by atoms with Crippen molar-refractivity contribution in [1.82, 2.24) is 0 Å². The first kappa shape index (κ1) is 10.4. The zero-order valence-corrected chi connectivity index (χ0v) is 9.45. The highest BCUT2D eigenvalue weighted by Gasteiger charge is 2.25. The maximum absolute atomic E-state index is 8.95. The molecule has 0 bridgehead atoms. The Morgan fingerprint density at radius 1 is 1.47 bits per heavy atom. The lowest BCUT2D eigenvalue weighted by Gasteiger charge is -2.27. The van der Waals surface area contributed by atoms with Crippen molar-refractivity contribution in [1.29, 1.82) is 0 Å². The molecule has 1 aromatic rings. The molecule has 0 aromatic heterocycles. The van der Waals surface area contributed by atoms with Crippen molar-refractivity contribution >= 4 is 27.3 Å². The van der Waals surface area contributed by atoms with E-state index in [2.05, 4.69) is 15.9 Å². The number of anilines is 2. The van der Waals surface area contributed by atoms with Crippen LogP contribution in [0.4, 0.5) is 11.4 Å². The quantitative estimate of drug-likeness (QED) is 0.658. The minimum Gasteiger partial charge on any atom is -0.484 e. The van der Waals surface area contributed by atoms with Crippen LogP contribution < -0.4 is 20.9 Å². The van der Waals surface area contributed by atoms with E-state index in [-0.39, 0.29) is 19.3 Å². The van der Waals surface area contributed by atoms with E-state index >= 15 is 0 Å². The number of hydrogen-bond donors (Lipinski definition) is 3. The van der Waals surface area contributed by atoms with E-state index in [1.54, 1.807) is 6.07 Å². The molecule has 1 unspecified atom stereocenters. The number of fused-ring (bicyclic) bond motifs is 1. The number of aliphatic hydroxyl groups excluding tert-OH is 1. The van der Waals surface area contributed by atoms with Crippen LogP contribution >= 0.6 is 15.9 Å². The highest BCUT2D eigenvalue weighted by Crippen LogP contribution is 2.45. The molecule has 0 aliphatic carbocycles. The molecule has 82 valence electrons. The van der Waals surface area contributed by atoms with Gasteiger partial charge in [-0.25, -0.2) is 0 Å². The Labute approximate surface area is 95.1 Å². The number of benzene rings is 1. The van der Waals surface area contributed by atoms with Crippen LogP contribution in [0.2, 0.25) is 0 Å². The molecule has 15 heavy (non-hydrogen) atoms. The molecule has 2 rings (SSSR count). The van der Waals surface area contributed by atoms with Gasteiger partial charge in [0.25, 0.3) is 0 Å². The van der Waals surface area contributed by atoms with Gasteiger partial charge in [0.1, 0.15) is 6.61 Å². The summed E-state index contributed by atoms with van der Waals surface area (Å²) in [5.74, 6) is 0.840. The molecule has 0 fully saturated rings. The Balaban J connectivity index is 2.47. The van der Waals surface area contributed by atoms with Crippen LogP contribution in [-0.4, -0.2) is 24.4 Å². The zero-order chi connectivity index (χ0) is 11.0. The van der Waals surface area contributed by atoms with Gasteiger partial charge in [0.05, 0.1) is 18.0 Å². The van der Waals surface area contributed by atoms with Gasteiger partial charge in [-0.15, -0.1) is 0 Å². The second-order valence-electron chi connectivity index (χ2n) is 3.25. The minimum atomic E-state index is -0.389. The van der Waals surface area contributed by atoms with Crippen molar-refractivity contribution in [3.8, 4) is 11.5 Å². The van der Waals surface area contributed by atoms with Crippen molar-refractivity contribution in [2.24, 2.45) is 0 Å². The molecule has 0 amide bonds. The van der Waals surface area contributed by atoms with Crippen LogP contribution in [0.5, 0.6) is 11.5 Å². The van der Waals surface area contributed by atoms with Crippen LogP contribution in [0.15, 0.2) is 10.5 Å². The number of rotatable bonds is 1. The van der Waals surface area contributed by atoms with Gasteiger partial charge in [0.15, 0.2) is 17.6 Å². The summed E-state index contributed by atoms with van der Waals surface area (Å²) in [6.45, 7) is 0.151. The first-order chi connectivity index (χ1) is 7.13. The van der Waals surface area contributed by atoms with E-state index in [0.717, 1.165) is 0 Å². The Morgan fingerprint density at radius 3 is 2.87 bits per heavy atom. The molecule has 1 aliphatic rings. The number of nitrogens with two attached hydrogens (primary N) is 2. The second-order valence-corrected chi connectivity index (χ2v) is 4.11. The van der Waals surface area contributed by atoms with Crippen LogP contribution in [0.3, 0.4) is 0 Å². The molecule has 1 aromatic carbocycles. The fraction of sp³-hybridized carbons (Fsp3) is 0.333. The molecule has 6 heteroatoms. The fourth-order valence-corrected chi connectivity index (χ4v) is 1.80. The summed E-state index contributed by atoms with van der Waals surface area (Å²) in [6, 6.07) is 1.65. The van der Waals surface area contributed by atoms with Crippen LogP contribution in [0.25, 0.3) is 0 Å². The van der Waals surface area contributed by atoms with Crippen molar-refractivity contribution in [3.63, 3.8) is 0 Å². The van der Waals surface area contributed by atoms with Crippen molar-refractivity contribution in [2.75, 3.05) is 24.7 Å². The van der Waals surface area contributed by atoms with Gasteiger partial charge >= 0.3 is 0 Å². The molecule has 0 radical (unpaired) electrons. The molecule has 1 heterocycles. The fourth-order valence-electron chi connectivity index (χ4n) is 1.37. The van der Waals surface area contributed by atoms with E-state index in [0.29, 0.717) is 27.3 Å². The third-order valence-corrected chi connectivity index (χ3v) is 2.81. The van der Waals surface area contributed by atoms with Gasteiger partial charge < -0.3 is 26.0 Å². The summed E-state index contributed by atoms with van der Waals surface area (Å²) in [6.07, 6.45) is -0.389. The molecule has 1 aliphatic heterocycles. The van der Waals surface area contributed by atoms with Crippen molar-refractivity contribution in [3.05, 3.63) is 10.5 Å². The normalized spacial score (nSPS) is 18.9. The van der Waals surface area contributed by atoms with E-state index < -0.39 is 0 Å². The lowest BCUT2D eigenvalue weighted by Crippen LogP contribution is -2.33. The highest BCUT2D eigenvalue weighted by atomic mass is 79.9. The summed E-state index contributed by atoms with van der Waals surface area (Å²) in [4.78, 5) is 0. The van der Waals surface area contributed by atoms with Crippen molar-refractivity contribution in [2.45, 2.75) is 6.10 Å². The molecule has 0 saturated heterocycles. The summed E-state index contributed by atoms with van der Waals surface area (Å²) in [5.41, 5.74) is 12.4. The SMILES string of the molecule is Nc1cc(Br)c(N)c2c1OC(CO)CO2. The Morgan fingerprint density at radius 2 is 2.20 bits per heavy atom. The van der Waals surface area contributed by atoms with E-state index in [4.69, 9.17) is 26.0 Å². The molecule has 1 atom stereocenters. The van der Waals surface area contributed by atoms with Gasteiger partial charge in [-0.2, -0.15) is 0 Å². The third kappa shape index (κ3) is 1.70. The maximum Gasteiger partial charge on any atom is 0.187 e. The Bertz CT molecular complexity index is 397. The monoisotopic (exact) mass is 274 g/mol. The van der Waals surface area contributed by atoms with Gasteiger partial charge in [-0.3, -0.25) is 0 Å². The molecular formula is C9H11BrN2O3. The first-order valence-corrected chi connectivity index (χ1v) is 5.20. The van der Waals surface area contributed by atoms with E-state index in [9.17, 15) is 0 Å². The van der Waals surface area contributed by atoms with Gasteiger partial charge in [-0.05, 0) is 22.0 Å². The Kier molecular flexibility index (Phi) is 2.62. The average Bonchev–Trinajstić information content (AvgIpc) is 2.25. The first-order valence-electron chi connectivity index (χ1n) is 4.41. The number of aliphatic hydroxyl groups is 1. The van der Waals surface area contributed by atoms with Crippen molar-refractivity contribution < 1.29 is 14.6 Å². The second kappa shape index (κ2) is 3.79. The summed E-state index contributed by atoms with van der Waals surface area (Å²) in [7, 11) is 0. The van der Waals surface area contributed by atoms with Gasteiger partial charge in [-0.1, -0.05) is 0 Å². The molecule has 5 N–H and O–H groups in total. The van der Waals surface area contributed by atoms with E-state index in [1.165, 1.54) is 0 Å². The number of halogens is 1. The zero-order valence-electron chi connectivity index (χ0n) is 7.87. The number of hydrogen-bond acceptors (Lipinski definition) is 5. The minimum absolute atomic E-state index is 0.116. The number of nitrogen functional groups attached to an aromatic ring is 2. The standard InChI is InChI=1S/C9H11BrN2O3/c10-5-1-6(11)8-9(7(5)12)14-3-4(2-13)15-8/h1,4,13H,2-3,11-12H2. The largest absolute Gasteiger partial charge is 0.484 e. The lowest BCUT2D eigenvalue weighted by atomic mass is 10.2.